The third kappa shape index (κ3) is 4.89. The highest BCUT2D eigenvalue weighted by Gasteiger charge is 2.20. The third-order valence-corrected chi connectivity index (χ3v) is 5.34. The van der Waals surface area contributed by atoms with Gasteiger partial charge < -0.3 is 5.32 Å². The number of sulfonamides is 1. The first kappa shape index (κ1) is 15.5. The average Bonchev–Trinajstić information content (AvgIpc) is 2.46. The zero-order valence-corrected chi connectivity index (χ0v) is 12.9. The summed E-state index contributed by atoms with van der Waals surface area (Å²) in [6.07, 6.45) is 2.90. The van der Waals surface area contributed by atoms with Crippen molar-refractivity contribution in [2.24, 2.45) is 5.92 Å². The van der Waals surface area contributed by atoms with Gasteiger partial charge in [-0.05, 0) is 49.4 Å². The monoisotopic (exact) mass is 296 g/mol. The summed E-state index contributed by atoms with van der Waals surface area (Å²) >= 11 is 0. The first-order valence-electron chi connectivity index (χ1n) is 7.35. The van der Waals surface area contributed by atoms with Gasteiger partial charge in [-0.3, -0.25) is 0 Å². The molecule has 1 aromatic rings. The molecule has 0 amide bonds. The molecule has 0 aromatic heterocycles. The second-order valence-corrected chi connectivity index (χ2v) is 7.32. The van der Waals surface area contributed by atoms with E-state index in [1.165, 1.54) is 5.56 Å². The predicted molar refractivity (Wildman–Crippen MR) is 82.0 cm³/mol. The van der Waals surface area contributed by atoms with E-state index < -0.39 is 10.0 Å². The number of nitrogens with one attached hydrogen (secondary N) is 2. The summed E-state index contributed by atoms with van der Waals surface area (Å²) in [4.78, 5) is 0. The second-order valence-electron chi connectivity index (χ2n) is 5.47. The van der Waals surface area contributed by atoms with Crippen LogP contribution in [0, 0.1) is 5.92 Å². The topological polar surface area (TPSA) is 58.2 Å². The number of hydrogen-bond acceptors (Lipinski definition) is 3. The van der Waals surface area contributed by atoms with Crippen LogP contribution in [0.15, 0.2) is 24.3 Å². The molecule has 5 heteroatoms. The van der Waals surface area contributed by atoms with Gasteiger partial charge in [0.15, 0.2) is 0 Å². The van der Waals surface area contributed by atoms with Crippen molar-refractivity contribution in [1.29, 1.82) is 0 Å². The van der Waals surface area contributed by atoms with Gasteiger partial charge in [-0.1, -0.05) is 31.2 Å². The Hall–Kier alpha value is -0.910. The number of aryl methyl sites for hydroxylation is 1. The van der Waals surface area contributed by atoms with Crippen LogP contribution >= 0.6 is 0 Å². The maximum absolute atomic E-state index is 12.1. The Morgan fingerprint density at radius 2 is 1.75 bits per heavy atom. The largest absolute Gasteiger partial charge is 0.317 e. The van der Waals surface area contributed by atoms with E-state index in [2.05, 4.69) is 29.1 Å². The van der Waals surface area contributed by atoms with Crippen LogP contribution in [-0.2, 0) is 23.0 Å². The number of rotatable bonds is 6. The molecule has 1 saturated heterocycles. The predicted octanol–water partition coefficient (Wildman–Crippen LogP) is 1.67. The highest BCUT2D eigenvalue weighted by atomic mass is 32.2. The van der Waals surface area contributed by atoms with E-state index in [1.54, 1.807) is 0 Å². The molecule has 1 aliphatic heterocycles. The fourth-order valence-electron chi connectivity index (χ4n) is 2.50. The molecule has 0 unspecified atom stereocenters. The molecule has 1 fully saturated rings. The van der Waals surface area contributed by atoms with Crippen LogP contribution in [0.4, 0.5) is 0 Å². The van der Waals surface area contributed by atoms with Crippen LogP contribution in [0.2, 0.25) is 0 Å². The SMILES string of the molecule is CCc1ccc(CNS(=O)(=O)CC2CCNCC2)cc1. The summed E-state index contributed by atoms with van der Waals surface area (Å²) in [6.45, 7) is 4.35. The Kier molecular flexibility index (Phi) is 5.57. The molecule has 0 atom stereocenters. The molecular formula is C15H24N2O2S. The van der Waals surface area contributed by atoms with E-state index in [-0.39, 0.29) is 11.7 Å². The molecule has 2 N–H and O–H groups in total. The molecule has 1 heterocycles. The van der Waals surface area contributed by atoms with Crippen molar-refractivity contribution >= 4 is 10.0 Å². The van der Waals surface area contributed by atoms with Crippen LogP contribution in [0.25, 0.3) is 0 Å². The van der Waals surface area contributed by atoms with Gasteiger partial charge in [-0.25, -0.2) is 13.1 Å². The molecule has 2 rings (SSSR count). The lowest BCUT2D eigenvalue weighted by Gasteiger charge is -2.22. The molecule has 0 aliphatic carbocycles. The summed E-state index contributed by atoms with van der Waals surface area (Å²) in [5.41, 5.74) is 2.28. The Labute approximate surface area is 122 Å². The average molecular weight is 296 g/mol. The zero-order valence-electron chi connectivity index (χ0n) is 12.1. The van der Waals surface area contributed by atoms with E-state index in [1.807, 2.05) is 12.1 Å². The van der Waals surface area contributed by atoms with E-state index >= 15 is 0 Å². The van der Waals surface area contributed by atoms with Gasteiger partial charge >= 0.3 is 0 Å². The van der Waals surface area contributed by atoms with E-state index in [0.717, 1.165) is 37.9 Å². The Morgan fingerprint density at radius 1 is 1.15 bits per heavy atom. The molecule has 0 bridgehead atoms. The van der Waals surface area contributed by atoms with Crippen LogP contribution in [0.5, 0.6) is 0 Å². The lowest BCUT2D eigenvalue weighted by Crippen LogP contribution is -2.35. The summed E-state index contributed by atoms with van der Waals surface area (Å²) in [5.74, 6) is 0.540. The van der Waals surface area contributed by atoms with Crippen LogP contribution < -0.4 is 10.0 Å². The molecule has 1 aliphatic rings. The first-order chi connectivity index (χ1) is 9.59. The highest BCUT2D eigenvalue weighted by Crippen LogP contribution is 2.14. The highest BCUT2D eigenvalue weighted by molar-refractivity contribution is 7.89. The van der Waals surface area contributed by atoms with Crippen LogP contribution in [0.1, 0.15) is 30.9 Å². The summed E-state index contributed by atoms with van der Waals surface area (Å²) in [5, 5.41) is 3.25. The van der Waals surface area contributed by atoms with E-state index in [0.29, 0.717) is 6.54 Å². The summed E-state index contributed by atoms with van der Waals surface area (Å²) in [6, 6.07) is 8.09. The van der Waals surface area contributed by atoms with Crippen molar-refractivity contribution in [2.75, 3.05) is 18.8 Å². The maximum atomic E-state index is 12.1. The number of benzene rings is 1. The van der Waals surface area contributed by atoms with Crippen molar-refractivity contribution in [3.63, 3.8) is 0 Å². The van der Waals surface area contributed by atoms with E-state index in [9.17, 15) is 8.42 Å². The van der Waals surface area contributed by atoms with Gasteiger partial charge in [0.05, 0.1) is 5.75 Å². The summed E-state index contributed by atoms with van der Waals surface area (Å²) in [7, 11) is -3.17. The van der Waals surface area contributed by atoms with Crippen molar-refractivity contribution in [2.45, 2.75) is 32.7 Å². The number of piperidine rings is 1. The third-order valence-electron chi connectivity index (χ3n) is 3.84. The fourth-order valence-corrected chi connectivity index (χ4v) is 3.96. The van der Waals surface area contributed by atoms with Crippen molar-refractivity contribution in [3.8, 4) is 0 Å². The van der Waals surface area contributed by atoms with Gasteiger partial charge in [-0.2, -0.15) is 0 Å². The molecule has 112 valence electrons. The summed E-state index contributed by atoms with van der Waals surface area (Å²) < 4.78 is 26.8. The van der Waals surface area contributed by atoms with Gasteiger partial charge in [0.1, 0.15) is 0 Å². The molecule has 1 aromatic carbocycles. The standard InChI is InChI=1S/C15H24N2O2S/c1-2-13-3-5-14(6-4-13)11-17-20(18,19)12-15-7-9-16-10-8-15/h3-6,15-17H,2,7-12H2,1H3. The quantitative estimate of drug-likeness (QED) is 0.839. The molecule has 0 saturated carbocycles. The molecule has 0 radical (unpaired) electrons. The van der Waals surface area contributed by atoms with Crippen molar-refractivity contribution < 1.29 is 8.42 Å². The lowest BCUT2D eigenvalue weighted by molar-refractivity contribution is 0.400. The molecule has 20 heavy (non-hydrogen) atoms. The van der Waals surface area contributed by atoms with Gasteiger partial charge in [-0.15, -0.1) is 0 Å². The fraction of sp³-hybridized carbons (Fsp3) is 0.600. The van der Waals surface area contributed by atoms with Crippen LogP contribution in [-0.4, -0.2) is 27.3 Å². The smallest absolute Gasteiger partial charge is 0.212 e. The van der Waals surface area contributed by atoms with Gasteiger partial charge in [0.2, 0.25) is 10.0 Å². The zero-order chi connectivity index (χ0) is 14.4. The normalized spacial score (nSPS) is 17.2. The minimum Gasteiger partial charge on any atom is -0.317 e. The molecular weight excluding hydrogens is 272 g/mol. The second kappa shape index (κ2) is 7.20. The molecule has 0 spiro atoms. The lowest BCUT2D eigenvalue weighted by atomic mass is 10.0. The first-order valence-corrected chi connectivity index (χ1v) is 9.00. The minimum atomic E-state index is -3.17. The number of hydrogen-bond donors (Lipinski definition) is 2. The Morgan fingerprint density at radius 3 is 2.35 bits per heavy atom. The van der Waals surface area contributed by atoms with Gasteiger partial charge in [0, 0.05) is 6.54 Å². The van der Waals surface area contributed by atoms with Crippen LogP contribution in [0.3, 0.4) is 0 Å². The van der Waals surface area contributed by atoms with Gasteiger partial charge in [0.25, 0.3) is 0 Å². The van der Waals surface area contributed by atoms with Crippen molar-refractivity contribution in [1.82, 2.24) is 10.0 Å². The minimum absolute atomic E-state index is 0.252. The Bertz CT molecular complexity index is 505. The van der Waals surface area contributed by atoms with Crippen molar-refractivity contribution in [3.05, 3.63) is 35.4 Å². The molecule has 4 nitrogen and oxygen atoms in total. The van der Waals surface area contributed by atoms with E-state index in [4.69, 9.17) is 0 Å². The Balaban J connectivity index is 1.84. The maximum Gasteiger partial charge on any atom is 0.212 e.